The first kappa shape index (κ1) is 20.2. The summed E-state index contributed by atoms with van der Waals surface area (Å²) in [6.07, 6.45) is 0. The van der Waals surface area contributed by atoms with Crippen LogP contribution in [-0.2, 0) is 5.75 Å². The van der Waals surface area contributed by atoms with Crippen LogP contribution in [0.2, 0.25) is 0 Å². The maximum atomic E-state index is 13.0. The standard InChI is InChI=1S/C21H18FN5OS2/c1-13-11-14(2)27(26-13)18-9-5-16(6-10-18)19(28)23-20-24-25-21(30-20)29-12-15-3-7-17(22)8-4-15/h3-11H,12H2,1-2H3,(H,23,24,28). The van der Waals surface area contributed by atoms with Crippen molar-refractivity contribution < 1.29 is 9.18 Å². The molecule has 0 radical (unpaired) electrons. The quantitative estimate of drug-likeness (QED) is 0.337. The van der Waals surface area contributed by atoms with E-state index in [1.54, 1.807) is 24.3 Å². The molecule has 0 fully saturated rings. The van der Waals surface area contributed by atoms with E-state index in [0.717, 1.165) is 27.0 Å². The lowest BCUT2D eigenvalue weighted by Gasteiger charge is -2.06. The Bertz CT molecular complexity index is 1170. The van der Waals surface area contributed by atoms with Gasteiger partial charge in [0.1, 0.15) is 5.82 Å². The van der Waals surface area contributed by atoms with Crippen molar-refractivity contribution in [3.05, 3.63) is 82.9 Å². The molecule has 0 unspecified atom stereocenters. The minimum atomic E-state index is -0.257. The van der Waals surface area contributed by atoms with E-state index >= 15 is 0 Å². The number of carbonyl (C=O) groups excluding carboxylic acids is 1. The first-order valence-electron chi connectivity index (χ1n) is 9.14. The highest BCUT2D eigenvalue weighted by molar-refractivity contribution is 8.00. The number of hydrogen-bond acceptors (Lipinski definition) is 6. The Morgan fingerprint density at radius 2 is 1.83 bits per heavy atom. The molecular formula is C21H18FN5OS2. The summed E-state index contributed by atoms with van der Waals surface area (Å²) in [4.78, 5) is 12.5. The van der Waals surface area contributed by atoms with E-state index < -0.39 is 0 Å². The highest BCUT2D eigenvalue weighted by Crippen LogP contribution is 2.28. The Hall–Kier alpha value is -3.04. The average Bonchev–Trinajstić information content (AvgIpc) is 3.33. The minimum absolute atomic E-state index is 0.249. The van der Waals surface area contributed by atoms with Gasteiger partial charge in [-0.2, -0.15) is 5.10 Å². The van der Waals surface area contributed by atoms with E-state index in [4.69, 9.17) is 0 Å². The lowest BCUT2D eigenvalue weighted by Crippen LogP contribution is -2.12. The first-order valence-corrected chi connectivity index (χ1v) is 10.9. The highest BCUT2D eigenvalue weighted by atomic mass is 32.2. The van der Waals surface area contributed by atoms with E-state index in [1.807, 2.05) is 36.7 Å². The molecule has 152 valence electrons. The maximum absolute atomic E-state index is 13.0. The molecule has 9 heteroatoms. The summed E-state index contributed by atoms with van der Waals surface area (Å²) < 4.78 is 15.5. The van der Waals surface area contributed by atoms with Gasteiger partial charge < -0.3 is 0 Å². The monoisotopic (exact) mass is 439 g/mol. The second kappa shape index (κ2) is 8.76. The number of aryl methyl sites for hydroxylation is 2. The number of amides is 1. The Kier molecular flexibility index (Phi) is 5.91. The SMILES string of the molecule is Cc1cc(C)n(-c2ccc(C(=O)Nc3nnc(SCc4ccc(F)cc4)s3)cc2)n1. The van der Waals surface area contributed by atoms with Gasteiger partial charge in [0.25, 0.3) is 5.91 Å². The van der Waals surface area contributed by atoms with Crippen LogP contribution in [0.25, 0.3) is 5.69 Å². The summed E-state index contributed by atoms with van der Waals surface area (Å²) in [6.45, 7) is 3.93. The third-order valence-electron chi connectivity index (χ3n) is 4.29. The van der Waals surface area contributed by atoms with Gasteiger partial charge in [-0.05, 0) is 61.9 Å². The number of thioether (sulfide) groups is 1. The Labute approximate surface area is 181 Å². The summed E-state index contributed by atoms with van der Waals surface area (Å²) >= 11 is 2.79. The number of anilines is 1. The van der Waals surface area contributed by atoms with E-state index in [9.17, 15) is 9.18 Å². The molecule has 2 heterocycles. The molecule has 2 aromatic carbocycles. The zero-order valence-electron chi connectivity index (χ0n) is 16.3. The molecule has 1 amide bonds. The molecule has 30 heavy (non-hydrogen) atoms. The van der Waals surface area contributed by atoms with Gasteiger partial charge >= 0.3 is 0 Å². The molecular weight excluding hydrogens is 421 g/mol. The van der Waals surface area contributed by atoms with Crippen molar-refractivity contribution in [2.24, 2.45) is 0 Å². The van der Waals surface area contributed by atoms with Crippen LogP contribution < -0.4 is 5.32 Å². The van der Waals surface area contributed by atoms with Gasteiger partial charge in [0.15, 0.2) is 4.34 Å². The van der Waals surface area contributed by atoms with Crippen LogP contribution in [0.5, 0.6) is 0 Å². The molecule has 0 bridgehead atoms. The third-order valence-corrected chi connectivity index (χ3v) is 6.33. The summed E-state index contributed by atoms with van der Waals surface area (Å²) in [7, 11) is 0. The van der Waals surface area contributed by atoms with Crippen molar-refractivity contribution in [2.75, 3.05) is 5.32 Å². The number of nitrogens with zero attached hydrogens (tertiary/aromatic N) is 4. The Balaban J connectivity index is 1.37. The number of rotatable bonds is 6. The average molecular weight is 440 g/mol. The van der Waals surface area contributed by atoms with E-state index in [0.29, 0.717) is 16.4 Å². The van der Waals surface area contributed by atoms with E-state index in [-0.39, 0.29) is 11.7 Å². The van der Waals surface area contributed by atoms with Crippen LogP contribution in [-0.4, -0.2) is 25.9 Å². The summed E-state index contributed by atoms with van der Waals surface area (Å²) in [5.41, 5.74) is 4.39. The van der Waals surface area contributed by atoms with Gasteiger partial charge in [-0.25, -0.2) is 9.07 Å². The third kappa shape index (κ3) is 4.74. The largest absolute Gasteiger partial charge is 0.296 e. The zero-order chi connectivity index (χ0) is 21.1. The normalized spacial score (nSPS) is 10.9. The number of hydrogen-bond donors (Lipinski definition) is 1. The lowest BCUT2D eigenvalue weighted by molar-refractivity contribution is 0.102. The Morgan fingerprint density at radius 1 is 1.10 bits per heavy atom. The number of carbonyl (C=O) groups is 1. The fourth-order valence-corrected chi connectivity index (χ4v) is 4.56. The van der Waals surface area contributed by atoms with Crippen LogP contribution in [0.1, 0.15) is 27.3 Å². The van der Waals surface area contributed by atoms with E-state index in [2.05, 4.69) is 20.6 Å². The van der Waals surface area contributed by atoms with Gasteiger partial charge in [0.2, 0.25) is 5.13 Å². The molecule has 0 aliphatic heterocycles. The first-order chi connectivity index (χ1) is 14.5. The van der Waals surface area contributed by atoms with Gasteiger partial charge in [-0.15, -0.1) is 10.2 Å². The van der Waals surface area contributed by atoms with Crippen LogP contribution in [0.4, 0.5) is 9.52 Å². The van der Waals surface area contributed by atoms with Crippen LogP contribution in [0, 0.1) is 19.7 Å². The van der Waals surface area contributed by atoms with Crippen molar-refractivity contribution in [3.63, 3.8) is 0 Å². The van der Waals surface area contributed by atoms with Gasteiger partial charge in [-0.3, -0.25) is 10.1 Å². The molecule has 0 atom stereocenters. The summed E-state index contributed by atoms with van der Waals surface area (Å²) in [5.74, 6) is 0.144. The van der Waals surface area contributed by atoms with Crippen molar-refractivity contribution >= 4 is 34.1 Å². The van der Waals surface area contributed by atoms with Crippen molar-refractivity contribution in [1.29, 1.82) is 0 Å². The Morgan fingerprint density at radius 3 is 2.50 bits per heavy atom. The number of nitrogens with one attached hydrogen (secondary N) is 1. The lowest BCUT2D eigenvalue weighted by atomic mass is 10.2. The molecule has 0 aliphatic rings. The molecule has 2 aromatic heterocycles. The second-order valence-electron chi connectivity index (χ2n) is 6.63. The van der Waals surface area contributed by atoms with Gasteiger partial charge in [0.05, 0.1) is 11.4 Å². The minimum Gasteiger partial charge on any atom is -0.296 e. The molecule has 4 aromatic rings. The molecule has 4 rings (SSSR count). The number of halogens is 1. The smallest absolute Gasteiger partial charge is 0.257 e. The highest BCUT2D eigenvalue weighted by Gasteiger charge is 2.12. The topological polar surface area (TPSA) is 72.7 Å². The molecule has 0 saturated carbocycles. The molecule has 0 saturated heterocycles. The van der Waals surface area contributed by atoms with Crippen LogP contribution in [0.15, 0.2) is 58.9 Å². The van der Waals surface area contributed by atoms with Crippen molar-refractivity contribution in [2.45, 2.75) is 23.9 Å². The number of benzene rings is 2. The van der Waals surface area contributed by atoms with E-state index in [1.165, 1.54) is 35.2 Å². The van der Waals surface area contributed by atoms with Crippen LogP contribution >= 0.6 is 23.1 Å². The fraction of sp³-hybridized carbons (Fsp3) is 0.143. The predicted molar refractivity (Wildman–Crippen MR) is 117 cm³/mol. The number of aromatic nitrogens is 4. The van der Waals surface area contributed by atoms with Gasteiger partial charge in [0, 0.05) is 17.0 Å². The second-order valence-corrected chi connectivity index (χ2v) is 8.83. The zero-order valence-corrected chi connectivity index (χ0v) is 17.9. The fourth-order valence-electron chi connectivity index (χ4n) is 2.86. The molecule has 0 spiro atoms. The summed E-state index contributed by atoms with van der Waals surface area (Å²) in [6, 6.07) is 15.6. The molecule has 6 nitrogen and oxygen atoms in total. The van der Waals surface area contributed by atoms with Gasteiger partial charge in [-0.1, -0.05) is 35.2 Å². The molecule has 1 N–H and O–H groups in total. The molecule has 0 aliphatic carbocycles. The summed E-state index contributed by atoms with van der Waals surface area (Å²) in [5, 5.41) is 15.8. The van der Waals surface area contributed by atoms with Crippen LogP contribution in [0.3, 0.4) is 0 Å². The van der Waals surface area contributed by atoms with Crippen molar-refractivity contribution in [3.8, 4) is 5.69 Å². The predicted octanol–water partition coefficient (Wildman–Crippen LogP) is 5.02. The van der Waals surface area contributed by atoms with Crippen molar-refractivity contribution in [1.82, 2.24) is 20.0 Å². The maximum Gasteiger partial charge on any atom is 0.257 e.